The van der Waals surface area contributed by atoms with E-state index in [1.165, 1.54) is 0 Å². The van der Waals surface area contributed by atoms with Gasteiger partial charge in [0.05, 0.1) is 5.25 Å². The number of carbonyl (C=O) groups excluding carboxylic acids is 3. The number of thiol groups is 1. The lowest BCUT2D eigenvalue weighted by atomic mass is 10.1. The maximum Gasteiger partial charge on any atom is 0.251 e. The second-order valence-electron chi connectivity index (χ2n) is 3.89. The highest BCUT2D eigenvalue weighted by Crippen LogP contribution is 2.07. The van der Waals surface area contributed by atoms with Gasteiger partial charge >= 0.3 is 0 Å². The molecule has 7 heteroatoms. The van der Waals surface area contributed by atoms with E-state index in [9.17, 15) is 14.4 Å². The Hall–Kier alpha value is -2.02. The van der Waals surface area contributed by atoms with E-state index in [1.54, 1.807) is 0 Å². The van der Waals surface area contributed by atoms with Crippen molar-refractivity contribution in [2.75, 3.05) is 0 Å². The number of amides is 3. The zero-order valence-electron chi connectivity index (χ0n) is 10.1. The van der Waals surface area contributed by atoms with E-state index < -0.39 is 29.4 Å². The van der Waals surface area contributed by atoms with Gasteiger partial charge in [0.25, 0.3) is 5.91 Å². The number of hydrogen-bond acceptors (Lipinski definition) is 4. The summed E-state index contributed by atoms with van der Waals surface area (Å²) in [5.41, 5.74) is 10.1. The second-order valence-corrected chi connectivity index (χ2v) is 4.51. The van der Waals surface area contributed by atoms with Crippen molar-refractivity contribution in [3.8, 4) is 0 Å². The Balaban J connectivity index is 2.37. The van der Waals surface area contributed by atoms with E-state index in [2.05, 4.69) is 23.5 Å². The van der Waals surface area contributed by atoms with Crippen LogP contribution in [0, 0.1) is 0 Å². The van der Waals surface area contributed by atoms with Gasteiger partial charge in [-0.2, -0.15) is 12.6 Å². The summed E-state index contributed by atoms with van der Waals surface area (Å²) in [6, 6.07) is 9.36. The zero-order chi connectivity index (χ0) is 14.3. The molecule has 0 spiro atoms. The maximum atomic E-state index is 11.6. The molecule has 6 nitrogen and oxygen atoms in total. The summed E-state index contributed by atoms with van der Waals surface area (Å²) >= 11 is 4.15. The first-order valence-corrected chi connectivity index (χ1v) is 6.09. The van der Waals surface area contributed by atoms with Crippen molar-refractivity contribution in [1.82, 2.24) is 10.9 Å². The Labute approximate surface area is 116 Å². The fourth-order valence-corrected chi connectivity index (χ4v) is 1.62. The van der Waals surface area contributed by atoms with Gasteiger partial charge in [-0.25, -0.2) is 0 Å². The quantitative estimate of drug-likeness (QED) is 0.334. The van der Waals surface area contributed by atoms with Gasteiger partial charge in [0.2, 0.25) is 11.8 Å². The number of carbonyl (C=O) groups is 3. The molecule has 0 aliphatic carbocycles. The SMILES string of the molecule is NC(=O)CC(=O)NNC(=O)C(S)Cc1ccccc1. The van der Waals surface area contributed by atoms with E-state index in [-0.39, 0.29) is 0 Å². The van der Waals surface area contributed by atoms with Crippen molar-refractivity contribution in [2.45, 2.75) is 18.1 Å². The molecule has 0 saturated carbocycles. The van der Waals surface area contributed by atoms with Crippen molar-refractivity contribution in [1.29, 1.82) is 0 Å². The van der Waals surface area contributed by atoms with E-state index >= 15 is 0 Å². The van der Waals surface area contributed by atoms with Gasteiger partial charge in [-0.1, -0.05) is 30.3 Å². The van der Waals surface area contributed by atoms with Crippen LogP contribution in [0.3, 0.4) is 0 Å². The lowest BCUT2D eigenvalue weighted by Crippen LogP contribution is -2.46. The predicted molar refractivity (Wildman–Crippen MR) is 73.0 cm³/mol. The van der Waals surface area contributed by atoms with Crippen LogP contribution in [0.1, 0.15) is 12.0 Å². The summed E-state index contributed by atoms with van der Waals surface area (Å²) in [6.07, 6.45) is -0.0440. The predicted octanol–water partition coefficient (Wildman–Crippen LogP) is -0.450. The summed E-state index contributed by atoms with van der Waals surface area (Å²) in [6.45, 7) is 0. The van der Waals surface area contributed by atoms with Crippen LogP contribution in [0.25, 0.3) is 0 Å². The van der Waals surface area contributed by atoms with E-state index in [0.29, 0.717) is 6.42 Å². The minimum atomic E-state index is -0.765. The molecule has 0 fully saturated rings. The minimum Gasteiger partial charge on any atom is -0.369 e. The number of hydrogen-bond donors (Lipinski definition) is 4. The average Bonchev–Trinajstić information content (AvgIpc) is 2.36. The van der Waals surface area contributed by atoms with E-state index in [0.717, 1.165) is 5.56 Å². The van der Waals surface area contributed by atoms with Crippen molar-refractivity contribution >= 4 is 30.4 Å². The molecule has 1 aromatic rings. The molecule has 0 radical (unpaired) electrons. The van der Waals surface area contributed by atoms with Gasteiger partial charge in [-0.05, 0) is 12.0 Å². The van der Waals surface area contributed by atoms with Crippen LogP contribution in [0.15, 0.2) is 30.3 Å². The normalized spacial score (nSPS) is 11.4. The summed E-state index contributed by atoms with van der Waals surface area (Å²) in [5.74, 6) is -1.88. The summed E-state index contributed by atoms with van der Waals surface area (Å²) in [5, 5.41) is -0.601. The molecular formula is C12H15N3O3S. The van der Waals surface area contributed by atoms with Gasteiger partial charge in [0, 0.05) is 0 Å². The molecule has 1 rings (SSSR count). The third-order valence-electron chi connectivity index (χ3n) is 2.23. The maximum absolute atomic E-state index is 11.6. The number of hydrazine groups is 1. The Bertz CT molecular complexity index is 465. The standard InChI is InChI=1S/C12H15N3O3S/c13-10(16)7-11(17)14-15-12(18)9(19)6-8-4-2-1-3-5-8/h1-5,9,19H,6-7H2,(H2,13,16)(H,14,17)(H,15,18). The molecule has 0 saturated heterocycles. The Morgan fingerprint density at radius 1 is 1.16 bits per heavy atom. The highest BCUT2D eigenvalue weighted by Gasteiger charge is 2.15. The molecule has 19 heavy (non-hydrogen) atoms. The van der Waals surface area contributed by atoms with Crippen LogP contribution in [0.2, 0.25) is 0 Å². The van der Waals surface area contributed by atoms with Gasteiger partial charge in [0.1, 0.15) is 6.42 Å². The molecule has 0 aliphatic rings. The van der Waals surface area contributed by atoms with Crippen molar-refractivity contribution in [2.24, 2.45) is 5.73 Å². The number of rotatable bonds is 5. The first-order valence-electron chi connectivity index (χ1n) is 5.58. The Kier molecular flexibility index (Phi) is 5.87. The number of primary amides is 1. The largest absolute Gasteiger partial charge is 0.369 e. The molecule has 102 valence electrons. The molecule has 1 atom stereocenters. The van der Waals surface area contributed by atoms with Crippen LogP contribution in [0.4, 0.5) is 0 Å². The van der Waals surface area contributed by atoms with Crippen LogP contribution in [0.5, 0.6) is 0 Å². The van der Waals surface area contributed by atoms with Crippen LogP contribution in [-0.2, 0) is 20.8 Å². The monoisotopic (exact) mass is 281 g/mol. The topological polar surface area (TPSA) is 101 Å². The molecule has 3 amide bonds. The van der Waals surface area contributed by atoms with Crippen molar-refractivity contribution in [3.63, 3.8) is 0 Å². The number of nitrogens with one attached hydrogen (secondary N) is 2. The molecule has 0 heterocycles. The average molecular weight is 281 g/mol. The fraction of sp³-hybridized carbons (Fsp3) is 0.250. The van der Waals surface area contributed by atoms with E-state index in [1.807, 2.05) is 30.3 Å². The second kappa shape index (κ2) is 7.42. The first kappa shape index (κ1) is 15.0. The third-order valence-corrected chi connectivity index (χ3v) is 2.65. The lowest BCUT2D eigenvalue weighted by molar-refractivity contribution is -0.131. The summed E-state index contributed by atoms with van der Waals surface area (Å²) < 4.78 is 0. The smallest absolute Gasteiger partial charge is 0.251 e. The molecule has 1 aromatic carbocycles. The van der Waals surface area contributed by atoms with E-state index in [4.69, 9.17) is 5.73 Å². The van der Waals surface area contributed by atoms with Crippen molar-refractivity contribution in [3.05, 3.63) is 35.9 Å². The Morgan fingerprint density at radius 3 is 2.37 bits per heavy atom. The van der Waals surface area contributed by atoms with Crippen LogP contribution < -0.4 is 16.6 Å². The first-order chi connectivity index (χ1) is 8.99. The van der Waals surface area contributed by atoms with Crippen LogP contribution >= 0.6 is 12.6 Å². The molecule has 0 aromatic heterocycles. The van der Waals surface area contributed by atoms with Gasteiger partial charge < -0.3 is 5.73 Å². The number of benzene rings is 1. The summed E-state index contributed by atoms with van der Waals surface area (Å²) in [4.78, 5) is 33.2. The van der Waals surface area contributed by atoms with Crippen molar-refractivity contribution < 1.29 is 14.4 Å². The molecular weight excluding hydrogens is 266 g/mol. The zero-order valence-corrected chi connectivity index (χ0v) is 11.0. The minimum absolute atomic E-state index is 0.432. The molecule has 0 bridgehead atoms. The van der Waals surface area contributed by atoms with Gasteiger partial charge in [0.15, 0.2) is 0 Å². The molecule has 1 unspecified atom stereocenters. The summed E-state index contributed by atoms with van der Waals surface area (Å²) in [7, 11) is 0. The highest BCUT2D eigenvalue weighted by molar-refractivity contribution is 7.81. The van der Waals surface area contributed by atoms with Gasteiger partial charge in [-0.15, -0.1) is 0 Å². The fourth-order valence-electron chi connectivity index (χ4n) is 1.35. The molecule has 4 N–H and O–H groups in total. The highest BCUT2D eigenvalue weighted by atomic mass is 32.1. The molecule has 0 aliphatic heterocycles. The van der Waals surface area contributed by atoms with Gasteiger partial charge in [-0.3, -0.25) is 25.2 Å². The van der Waals surface area contributed by atoms with Crippen LogP contribution in [-0.4, -0.2) is 23.0 Å². The Morgan fingerprint density at radius 2 is 1.79 bits per heavy atom. The third kappa shape index (κ3) is 5.91. The lowest BCUT2D eigenvalue weighted by Gasteiger charge is -2.12. The number of nitrogens with two attached hydrogens (primary N) is 1.